The Kier molecular flexibility index (Phi) is 3.37. The van der Waals surface area contributed by atoms with Crippen molar-refractivity contribution in [1.29, 1.82) is 0 Å². The van der Waals surface area contributed by atoms with Crippen LogP contribution < -0.4 is 4.74 Å². The van der Waals surface area contributed by atoms with Crippen LogP contribution >= 0.6 is 11.6 Å². The lowest BCUT2D eigenvalue weighted by atomic mass is 9.88. The predicted octanol–water partition coefficient (Wildman–Crippen LogP) is 3.13. The molecule has 0 aliphatic heterocycles. The molecule has 1 aliphatic carbocycles. The van der Waals surface area contributed by atoms with Crippen LogP contribution in [-0.4, -0.2) is 29.9 Å². The third-order valence-corrected chi connectivity index (χ3v) is 4.10. The predicted molar refractivity (Wildman–Crippen MR) is 74.9 cm³/mol. The van der Waals surface area contributed by atoms with E-state index in [0.29, 0.717) is 18.0 Å². The Morgan fingerprint density at radius 3 is 2.79 bits per heavy atom. The molecule has 0 radical (unpaired) electrons. The number of alkyl halides is 1. The fraction of sp³-hybridized carbons (Fsp3) is 0.500. The van der Waals surface area contributed by atoms with E-state index in [9.17, 15) is 0 Å². The first kappa shape index (κ1) is 12.8. The molecule has 19 heavy (non-hydrogen) atoms. The molecule has 0 saturated heterocycles. The number of ether oxygens (including phenoxy) is 2. The molecule has 1 aromatic heterocycles. The van der Waals surface area contributed by atoms with Gasteiger partial charge in [0.15, 0.2) is 0 Å². The van der Waals surface area contributed by atoms with Crippen LogP contribution in [0.15, 0.2) is 18.2 Å². The number of rotatable bonds is 4. The Balaban J connectivity index is 2.07. The van der Waals surface area contributed by atoms with Crippen molar-refractivity contribution in [2.75, 3.05) is 14.2 Å². The number of hydrogen-bond acceptors (Lipinski definition) is 3. The van der Waals surface area contributed by atoms with Gasteiger partial charge in [0.05, 0.1) is 24.6 Å². The quantitative estimate of drug-likeness (QED) is 0.807. The van der Waals surface area contributed by atoms with E-state index in [1.807, 2.05) is 12.1 Å². The normalized spacial score (nSPS) is 22.5. The lowest BCUT2D eigenvalue weighted by Gasteiger charge is -2.36. The average Bonchev–Trinajstić information content (AvgIpc) is 2.76. The highest BCUT2D eigenvalue weighted by atomic mass is 35.5. The average molecular weight is 281 g/mol. The number of aromatic nitrogens is 2. The van der Waals surface area contributed by atoms with Crippen molar-refractivity contribution in [3.63, 3.8) is 0 Å². The summed E-state index contributed by atoms with van der Waals surface area (Å²) in [5.74, 6) is 2.11. The minimum atomic E-state index is 0.358. The second kappa shape index (κ2) is 5.02. The molecule has 1 fully saturated rings. The van der Waals surface area contributed by atoms with Crippen molar-refractivity contribution >= 4 is 22.6 Å². The van der Waals surface area contributed by atoms with Gasteiger partial charge in [-0.15, -0.1) is 11.6 Å². The Morgan fingerprint density at radius 2 is 2.16 bits per heavy atom. The Labute approximate surface area is 117 Å². The Morgan fingerprint density at radius 1 is 1.37 bits per heavy atom. The molecule has 0 N–H and O–H groups in total. The van der Waals surface area contributed by atoms with Crippen molar-refractivity contribution in [3.8, 4) is 5.75 Å². The van der Waals surface area contributed by atoms with Crippen molar-refractivity contribution in [1.82, 2.24) is 9.55 Å². The van der Waals surface area contributed by atoms with Crippen LogP contribution in [0.1, 0.15) is 24.7 Å². The minimum absolute atomic E-state index is 0.358. The molecular formula is C14H17ClN2O2. The molecule has 4 nitrogen and oxygen atoms in total. The largest absolute Gasteiger partial charge is 0.494 e. The van der Waals surface area contributed by atoms with Crippen LogP contribution in [0, 0.1) is 0 Å². The molecule has 1 saturated carbocycles. The van der Waals surface area contributed by atoms with Gasteiger partial charge in [0.25, 0.3) is 0 Å². The van der Waals surface area contributed by atoms with Gasteiger partial charge < -0.3 is 14.0 Å². The molecule has 1 aromatic carbocycles. The van der Waals surface area contributed by atoms with Gasteiger partial charge >= 0.3 is 0 Å². The van der Waals surface area contributed by atoms with E-state index in [4.69, 9.17) is 21.1 Å². The molecule has 3 rings (SSSR count). The smallest absolute Gasteiger partial charge is 0.146 e. The number of methoxy groups -OCH3 is 2. The summed E-state index contributed by atoms with van der Waals surface area (Å²) < 4.78 is 13.0. The molecule has 0 amide bonds. The van der Waals surface area contributed by atoms with E-state index >= 15 is 0 Å². The number of benzene rings is 1. The van der Waals surface area contributed by atoms with Crippen LogP contribution in [0.25, 0.3) is 11.0 Å². The first-order valence-corrected chi connectivity index (χ1v) is 6.94. The number of halogens is 1. The van der Waals surface area contributed by atoms with Gasteiger partial charge in [0.2, 0.25) is 0 Å². The topological polar surface area (TPSA) is 36.3 Å². The van der Waals surface area contributed by atoms with E-state index in [1.165, 1.54) is 0 Å². The SMILES string of the molecule is COc1cccc2c1nc(CCl)n2C1CC(OC)C1. The second-order valence-corrected chi connectivity index (χ2v) is 5.11. The van der Waals surface area contributed by atoms with Gasteiger partial charge in [0, 0.05) is 13.2 Å². The third kappa shape index (κ3) is 1.99. The number of imidazole rings is 1. The third-order valence-electron chi connectivity index (χ3n) is 3.86. The highest BCUT2D eigenvalue weighted by molar-refractivity contribution is 6.16. The van der Waals surface area contributed by atoms with Crippen molar-refractivity contribution in [2.45, 2.75) is 30.9 Å². The maximum atomic E-state index is 6.04. The zero-order chi connectivity index (χ0) is 13.4. The number of fused-ring (bicyclic) bond motifs is 1. The highest BCUT2D eigenvalue weighted by Gasteiger charge is 2.33. The van der Waals surface area contributed by atoms with Gasteiger partial charge in [0.1, 0.15) is 17.1 Å². The van der Waals surface area contributed by atoms with E-state index in [0.717, 1.165) is 35.4 Å². The molecular weight excluding hydrogens is 264 g/mol. The maximum Gasteiger partial charge on any atom is 0.146 e. The van der Waals surface area contributed by atoms with E-state index in [1.54, 1.807) is 14.2 Å². The molecule has 102 valence electrons. The molecule has 2 aromatic rings. The maximum absolute atomic E-state index is 6.04. The van der Waals surface area contributed by atoms with Crippen LogP contribution in [-0.2, 0) is 10.6 Å². The summed E-state index contributed by atoms with van der Waals surface area (Å²) in [6, 6.07) is 6.41. The molecule has 0 unspecified atom stereocenters. The number of para-hydroxylation sites is 1. The molecule has 5 heteroatoms. The van der Waals surface area contributed by atoms with Crippen molar-refractivity contribution < 1.29 is 9.47 Å². The Hall–Kier alpha value is -1.26. The van der Waals surface area contributed by atoms with Gasteiger partial charge in [-0.1, -0.05) is 6.07 Å². The Bertz CT molecular complexity index is 590. The van der Waals surface area contributed by atoms with Gasteiger partial charge in [-0.05, 0) is 25.0 Å². The van der Waals surface area contributed by atoms with E-state index in [2.05, 4.69) is 15.6 Å². The fourth-order valence-corrected chi connectivity index (χ4v) is 2.94. The highest BCUT2D eigenvalue weighted by Crippen LogP contribution is 2.39. The summed E-state index contributed by atoms with van der Waals surface area (Å²) in [7, 11) is 3.43. The standard InChI is InChI=1S/C14H17ClN2O2/c1-18-10-6-9(7-10)17-11-4-3-5-12(19-2)14(11)16-13(17)8-15/h3-5,9-10H,6-8H2,1-2H3. The molecule has 0 bridgehead atoms. The zero-order valence-corrected chi connectivity index (χ0v) is 11.9. The fourth-order valence-electron chi connectivity index (χ4n) is 2.75. The van der Waals surface area contributed by atoms with Crippen LogP contribution in [0.3, 0.4) is 0 Å². The number of hydrogen-bond donors (Lipinski definition) is 0. The van der Waals surface area contributed by atoms with Crippen LogP contribution in [0.2, 0.25) is 0 Å². The first-order chi connectivity index (χ1) is 9.28. The number of nitrogens with zero attached hydrogens (tertiary/aromatic N) is 2. The van der Waals surface area contributed by atoms with Gasteiger partial charge in [-0.2, -0.15) is 0 Å². The summed E-state index contributed by atoms with van der Waals surface area (Å²) in [6.45, 7) is 0. The second-order valence-electron chi connectivity index (χ2n) is 4.84. The summed E-state index contributed by atoms with van der Waals surface area (Å²) in [6.07, 6.45) is 2.39. The lowest BCUT2D eigenvalue weighted by molar-refractivity contribution is 0.00675. The minimum Gasteiger partial charge on any atom is -0.494 e. The van der Waals surface area contributed by atoms with Crippen LogP contribution in [0.5, 0.6) is 5.75 Å². The van der Waals surface area contributed by atoms with Crippen molar-refractivity contribution in [3.05, 3.63) is 24.0 Å². The monoisotopic (exact) mass is 280 g/mol. The van der Waals surface area contributed by atoms with Gasteiger partial charge in [-0.25, -0.2) is 4.98 Å². The summed E-state index contributed by atoms with van der Waals surface area (Å²) >= 11 is 6.04. The lowest BCUT2D eigenvalue weighted by Crippen LogP contribution is -2.33. The van der Waals surface area contributed by atoms with E-state index < -0.39 is 0 Å². The zero-order valence-electron chi connectivity index (χ0n) is 11.1. The molecule has 0 atom stereocenters. The van der Waals surface area contributed by atoms with Crippen molar-refractivity contribution in [2.24, 2.45) is 0 Å². The first-order valence-electron chi connectivity index (χ1n) is 6.41. The summed E-state index contributed by atoms with van der Waals surface area (Å²) in [5.41, 5.74) is 1.98. The van der Waals surface area contributed by atoms with Crippen LogP contribution in [0.4, 0.5) is 0 Å². The summed E-state index contributed by atoms with van der Waals surface area (Å²) in [4.78, 5) is 4.62. The molecule has 0 spiro atoms. The summed E-state index contributed by atoms with van der Waals surface area (Å²) in [5, 5.41) is 0. The molecule has 1 heterocycles. The van der Waals surface area contributed by atoms with Gasteiger partial charge in [-0.3, -0.25) is 0 Å². The molecule has 1 aliphatic rings. The van der Waals surface area contributed by atoms with E-state index in [-0.39, 0.29) is 0 Å².